The molecule has 0 saturated heterocycles. The molecule has 1 heterocycles. The van der Waals surface area contributed by atoms with Crippen molar-refractivity contribution < 1.29 is 19.4 Å². The number of carboxylic acids is 1. The highest BCUT2D eigenvalue weighted by Crippen LogP contribution is 2.18. The number of hydrogen-bond acceptors (Lipinski definition) is 5. The van der Waals surface area contributed by atoms with Crippen LogP contribution < -0.4 is 4.74 Å². The van der Waals surface area contributed by atoms with Crippen molar-refractivity contribution in [2.45, 2.75) is 20.5 Å². The molecule has 0 aliphatic carbocycles. The van der Waals surface area contributed by atoms with E-state index in [-0.39, 0.29) is 12.3 Å². The third-order valence-corrected chi connectivity index (χ3v) is 2.80. The van der Waals surface area contributed by atoms with E-state index in [9.17, 15) is 4.79 Å². The summed E-state index contributed by atoms with van der Waals surface area (Å²) in [5.41, 5.74) is 1.01. The monoisotopic (exact) mass is 291 g/mol. The maximum atomic E-state index is 11.2. The van der Waals surface area contributed by atoms with E-state index in [1.807, 2.05) is 13.8 Å². The van der Waals surface area contributed by atoms with Crippen LogP contribution in [0.25, 0.3) is 5.69 Å². The lowest BCUT2D eigenvalue weighted by molar-refractivity contribution is 0.0681. The van der Waals surface area contributed by atoms with Crippen molar-refractivity contribution >= 4 is 5.97 Å². The SMILES string of the molecule is CCOCc1c(C(=O)O)nnn1-c1ccc(OCC)cc1. The van der Waals surface area contributed by atoms with Crippen LogP contribution in [0.15, 0.2) is 24.3 Å². The number of ether oxygens (including phenoxy) is 2. The predicted octanol–water partition coefficient (Wildman–Crippen LogP) is 1.90. The third kappa shape index (κ3) is 3.38. The number of aromatic nitrogens is 3. The summed E-state index contributed by atoms with van der Waals surface area (Å²) in [6.07, 6.45) is 0. The Morgan fingerprint density at radius 1 is 1.24 bits per heavy atom. The second-order valence-electron chi connectivity index (χ2n) is 4.17. The molecule has 21 heavy (non-hydrogen) atoms. The molecule has 0 saturated carbocycles. The molecule has 2 rings (SSSR count). The summed E-state index contributed by atoms with van der Waals surface area (Å²) in [5, 5.41) is 16.8. The summed E-state index contributed by atoms with van der Waals surface area (Å²) < 4.78 is 12.1. The highest BCUT2D eigenvalue weighted by molar-refractivity contribution is 5.86. The standard InChI is InChI=1S/C14H17N3O4/c1-3-20-9-12-13(14(18)19)15-16-17(12)10-5-7-11(8-6-10)21-4-2/h5-8H,3-4,9H2,1-2H3,(H,18,19). The van der Waals surface area contributed by atoms with Gasteiger partial charge in [-0.1, -0.05) is 5.21 Å². The summed E-state index contributed by atoms with van der Waals surface area (Å²) in [4.78, 5) is 11.2. The lowest BCUT2D eigenvalue weighted by atomic mass is 10.2. The average Bonchev–Trinajstić information content (AvgIpc) is 2.90. The average molecular weight is 291 g/mol. The zero-order valence-electron chi connectivity index (χ0n) is 11.9. The Kier molecular flexibility index (Phi) is 4.89. The van der Waals surface area contributed by atoms with Crippen LogP contribution in [0.1, 0.15) is 30.0 Å². The molecule has 7 heteroatoms. The van der Waals surface area contributed by atoms with Gasteiger partial charge in [0.25, 0.3) is 0 Å². The van der Waals surface area contributed by atoms with Gasteiger partial charge in [0.05, 0.1) is 18.9 Å². The topological polar surface area (TPSA) is 86.5 Å². The van der Waals surface area contributed by atoms with Crippen molar-refractivity contribution in [3.63, 3.8) is 0 Å². The first kappa shape index (κ1) is 15.0. The number of carboxylic acid groups (broad SMARTS) is 1. The minimum absolute atomic E-state index is 0.0997. The number of benzene rings is 1. The first-order valence-corrected chi connectivity index (χ1v) is 6.66. The minimum atomic E-state index is -1.12. The fourth-order valence-corrected chi connectivity index (χ4v) is 1.85. The van der Waals surface area contributed by atoms with Gasteiger partial charge in [0.1, 0.15) is 11.4 Å². The van der Waals surface area contributed by atoms with E-state index in [0.29, 0.717) is 24.6 Å². The van der Waals surface area contributed by atoms with Gasteiger partial charge in [-0.25, -0.2) is 9.48 Å². The molecule has 0 atom stereocenters. The normalized spacial score (nSPS) is 10.6. The molecule has 1 N–H and O–H groups in total. The van der Waals surface area contributed by atoms with Crippen LogP contribution in [0.5, 0.6) is 5.75 Å². The van der Waals surface area contributed by atoms with Gasteiger partial charge in [0, 0.05) is 6.61 Å². The third-order valence-electron chi connectivity index (χ3n) is 2.80. The van der Waals surface area contributed by atoms with Crippen molar-refractivity contribution in [1.29, 1.82) is 0 Å². The largest absolute Gasteiger partial charge is 0.494 e. The highest BCUT2D eigenvalue weighted by atomic mass is 16.5. The Balaban J connectivity index is 2.35. The van der Waals surface area contributed by atoms with Gasteiger partial charge < -0.3 is 14.6 Å². The first-order chi connectivity index (χ1) is 10.2. The molecule has 1 aromatic carbocycles. The van der Waals surface area contributed by atoms with Crippen LogP contribution in [-0.2, 0) is 11.3 Å². The Bertz CT molecular complexity index is 607. The minimum Gasteiger partial charge on any atom is -0.494 e. The summed E-state index contributed by atoms with van der Waals surface area (Å²) >= 11 is 0. The molecule has 0 radical (unpaired) electrons. The Labute approximate surface area is 122 Å². The van der Waals surface area contributed by atoms with Crippen molar-refractivity contribution in [3.05, 3.63) is 35.7 Å². The van der Waals surface area contributed by atoms with Crippen LogP contribution >= 0.6 is 0 Å². The van der Waals surface area contributed by atoms with Gasteiger partial charge >= 0.3 is 5.97 Å². The van der Waals surface area contributed by atoms with Gasteiger partial charge in [-0.15, -0.1) is 5.10 Å². The molecular weight excluding hydrogens is 274 g/mol. The van der Waals surface area contributed by atoms with E-state index in [2.05, 4.69) is 10.3 Å². The van der Waals surface area contributed by atoms with Crippen LogP contribution in [-0.4, -0.2) is 39.3 Å². The molecule has 2 aromatic rings. The number of nitrogens with zero attached hydrogens (tertiary/aromatic N) is 3. The summed E-state index contributed by atoms with van der Waals surface area (Å²) in [5.74, 6) is -0.381. The number of carbonyl (C=O) groups is 1. The second-order valence-corrected chi connectivity index (χ2v) is 4.17. The van der Waals surface area contributed by atoms with Gasteiger partial charge in [-0.05, 0) is 38.1 Å². The summed E-state index contributed by atoms with van der Waals surface area (Å²) in [6, 6.07) is 7.18. The quantitative estimate of drug-likeness (QED) is 0.838. The molecule has 1 aromatic heterocycles. The molecule has 0 aliphatic heterocycles. The van der Waals surface area contributed by atoms with Gasteiger partial charge in [-0.3, -0.25) is 0 Å². The lowest BCUT2D eigenvalue weighted by Gasteiger charge is -2.08. The van der Waals surface area contributed by atoms with Gasteiger partial charge in [0.15, 0.2) is 5.69 Å². The molecule has 0 aliphatic rings. The Morgan fingerprint density at radius 2 is 1.95 bits per heavy atom. The van der Waals surface area contributed by atoms with E-state index >= 15 is 0 Å². The predicted molar refractivity (Wildman–Crippen MR) is 74.8 cm³/mol. The van der Waals surface area contributed by atoms with Crippen molar-refractivity contribution in [1.82, 2.24) is 15.0 Å². The molecule has 0 amide bonds. The smallest absolute Gasteiger partial charge is 0.358 e. The Hall–Kier alpha value is -2.41. The molecule has 0 fully saturated rings. The zero-order chi connectivity index (χ0) is 15.2. The van der Waals surface area contributed by atoms with Gasteiger partial charge in [-0.2, -0.15) is 0 Å². The van der Waals surface area contributed by atoms with Crippen molar-refractivity contribution in [3.8, 4) is 11.4 Å². The van der Waals surface area contributed by atoms with E-state index in [0.717, 1.165) is 5.75 Å². The van der Waals surface area contributed by atoms with E-state index in [1.165, 1.54) is 4.68 Å². The molecule has 7 nitrogen and oxygen atoms in total. The maximum Gasteiger partial charge on any atom is 0.358 e. The lowest BCUT2D eigenvalue weighted by Crippen LogP contribution is -2.08. The van der Waals surface area contributed by atoms with Crippen molar-refractivity contribution in [2.75, 3.05) is 13.2 Å². The summed E-state index contributed by atoms with van der Waals surface area (Å²) in [7, 11) is 0. The number of rotatable bonds is 7. The van der Waals surface area contributed by atoms with Crippen LogP contribution in [0, 0.1) is 0 Å². The maximum absolute atomic E-state index is 11.2. The molecular formula is C14H17N3O4. The van der Waals surface area contributed by atoms with E-state index in [4.69, 9.17) is 14.6 Å². The second kappa shape index (κ2) is 6.85. The molecule has 0 unspecified atom stereocenters. The molecule has 0 bridgehead atoms. The molecule has 0 spiro atoms. The van der Waals surface area contributed by atoms with Crippen LogP contribution in [0.3, 0.4) is 0 Å². The fourth-order valence-electron chi connectivity index (χ4n) is 1.85. The van der Waals surface area contributed by atoms with Crippen LogP contribution in [0.2, 0.25) is 0 Å². The summed E-state index contributed by atoms with van der Waals surface area (Å²) in [6.45, 7) is 4.95. The van der Waals surface area contributed by atoms with Crippen LogP contribution in [0.4, 0.5) is 0 Å². The Morgan fingerprint density at radius 3 is 2.52 bits per heavy atom. The number of hydrogen-bond donors (Lipinski definition) is 1. The highest BCUT2D eigenvalue weighted by Gasteiger charge is 2.19. The van der Waals surface area contributed by atoms with Crippen molar-refractivity contribution in [2.24, 2.45) is 0 Å². The van der Waals surface area contributed by atoms with E-state index in [1.54, 1.807) is 24.3 Å². The fraction of sp³-hybridized carbons (Fsp3) is 0.357. The van der Waals surface area contributed by atoms with Gasteiger partial charge in [0.2, 0.25) is 0 Å². The zero-order valence-corrected chi connectivity index (χ0v) is 11.9. The number of aromatic carboxylic acids is 1. The van der Waals surface area contributed by atoms with E-state index < -0.39 is 5.97 Å². The first-order valence-electron chi connectivity index (χ1n) is 6.66. The molecule has 112 valence electrons.